The lowest BCUT2D eigenvalue weighted by atomic mass is 10.2. The van der Waals surface area contributed by atoms with Crippen LogP contribution in [0.5, 0.6) is 0 Å². The van der Waals surface area contributed by atoms with Gasteiger partial charge in [-0.05, 0) is 34.3 Å². The maximum Gasteiger partial charge on any atom is 0.138 e. The second kappa shape index (κ2) is 3.92. The number of thioether (sulfide) groups is 1. The van der Waals surface area contributed by atoms with E-state index in [-0.39, 0.29) is 5.82 Å². The molecule has 1 rings (SSSR count). The van der Waals surface area contributed by atoms with Gasteiger partial charge >= 0.3 is 0 Å². The lowest BCUT2D eigenvalue weighted by molar-refractivity contribution is 0.600. The zero-order chi connectivity index (χ0) is 9.14. The van der Waals surface area contributed by atoms with Crippen LogP contribution in [0.3, 0.4) is 0 Å². The highest BCUT2D eigenvalue weighted by Gasteiger charge is 2.10. The van der Waals surface area contributed by atoms with E-state index < -0.39 is 0 Å². The van der Waals surface area contributed by atoms with Gasteiger partial charge in [-0.3, -0.25) is 0 Å². The number of halogens is 2. The minimum Gasteiger partial charge on any atom is -0.206 e. The standard InChI is InChI=1S/C8H5BrFNS/c1-12-8-5(4-11)6(9)2-3-7(8)10/h2-3H,1H3. The number of nitriles is 1. The second-order valence-electron chi connectivity index (χ2n) is 2.05. The average molecular weight is 246 g/mol. The van der Waals surface area contributed by atoms with Crippen molar-refractivity contribution < 1.29 is 4.39 Å². The maximum atomic E-state index is 13.0. The van der Waals surface area contributed by atoms with Crippen LogP contribution in [-0.4, -0.2) is 6.26 Å². The summed E-state index contributed by atoms with van der Waals surface area (Å²) in [5.41, 5.74) is 0.363. The highest BCUT2D eigenvalue weighted by Crippen LogP contribution is 2.29. The Labute approximate surface area is 82.7 Å². The molecule has 0 saturated heterocycles. The first-order valence-corrected chi connectivity index (χ1v) is 5.14. The van der Waals surface area contributed by atoms with Gasteiger partial charge in [0.25, 0.3) is 0 Å². The normalized spacial score (nSPS) is 9.50. The molecule has 0 aliphatic carbocycles. The van der Waals surface area contributed by atoms with Gasteiger partial charge < -0.3 is 0 Å². The summed E-state index contributed by atoms with van der Waals surface area (Å²) in [5, 5.41) is 8.69. The molecular weight excluding hydrogens is 241 g/mol. The molecular formula is C8H5BrFNS. The number of rotatable bonds is 1. The molecule has 0 saturated carbocycles. The highest BCUT2D eigenvalue weighted by atomic mass is 79.9. The molecule has 4 heteroatoms. The SMILES string of the molecule is CSc1c(F)ccc(Br)c1C#N. The number of benzene rings is 1. The average Bonchev–Trinajstić information content (AvgIpc) is 2.08. The van der Waals surface area contributed by atoms with Crippen LogP contribution in [-0.2, 0) is 0 Å². The summed E-state index contributed by atoms with van der Waals surface area (Å²) < 4.78 is 13.7. The summed E-state index contributed by atoms with van der Waals surface area (Å²) in [6, 6.07) is 4.83. The van der Waals surface area contributed by atoms with E-state index in [9.17, 15) is 4.39 Å². The van der Waals surface area contributed by atoms with Crippen molar-refractivity contribution in [1.82, 2.24) is 0 Å². The van der Waals surface area contributed by atoms with Crippen molar-refractivity contribution in [3.05, 3.63) is 28.0 Å². The monoisotopic (exact) mass is 245 g/mol. The minimum atomic E-state index is -0.345. The van der Waals surface area contributed by atoms with Gasteiger partial charge in [0.2, 0.25) is 0 Å². The van der Waals surface area contributed by atoms with Crippen molar-refractivity contribution in [3.63, 3.8) is 0 Å². The van der Waals surface area contributed by atoms with Crippen molar-refractivity contribution in [2.75, 3.05) is 6.26 Å². The van der Waals surface area contributed by atoms with E-state index in [0.717, 1.165) is 0 Å². The lowest BCUT2D eigenvalue weighted by Crippen LogP contribution is -1.87. The Hall–Kier alpha value is -0.530. The largest absolute Gasteiger partial charge is 0.206 e. The van der Waals surface area contributed by atoms with E-state index in [1.54, 1.807) is 6.26 Å². The smallest absolute Gasteiger partial charge is 0.138 e. The van der Waals surface area contributed by atoms with Crippen molar-refractivity contribution in [2.24, 2.45) is 0 Å². The molecule has 0 bridgehead atoms. The van der Waals surface area contributed by atoms with Crippen LogP contribution in [0, 0.1) is 17.1 Å². The van der Waals surface area contributed by atoms with Gasteiger partial charge in [-0.2, -0.15) is 5.26 Å². The molecule has 1 nitrogen and oxygen atoms in total. The van der Waals surface area contributed by atoms with Gasteiger partial charge in [0.1, 0.15) is 11.9 Å². The Bertz CT molecular complexity index is 346. The summed E-state index contributed by atoms with van der Waals surface area (Å²) >= 11 is 4.41. The molecule has 0 N–H and O–H groups in total. The number of nitrogens with zero attached hydrogens (tertiary/aromatic N) is 1. The maximum absolute atomic E-state index is 13.0. The molecule has 12 heavy (non-hydrogen) atoms. The van der Waals surface area contributed by atoms with E-state index in [1.807, 2.05) is 6.07 Å². The Morgan fingerprint density at radius 1 is 1.58 bits per heavy atom. The van der Waals surface area contributed by atoms with Crippen molar-refractivity contribution >= 4 is 27.7 Å². The van der Waals surface area contributed by atoms with Gasteiger partial charge in [-0.1, -0.05) is 0 Å². The summed E-state index contributed by atoms with van der Waals surface area (Å²) in [6.45, 7) is 0. The van der Waals surface area contributed by atoms with E-state index in [4.69, 9.17) is 5.26 Å². The fourth-order valence-corrected chi connectivity index (χ4v) is 2.01. The minimum absolute atomic E-state index is 0.345. The van der Waals surface area contributed by atoms with E-state index in [1.165, 1.54) is 23.9 Å². The molecule has 0 spiro atoms. The van der Waals surface area contributed by atoms with Gasteiger partial charge in [-0.15, -0.1) is 11.8 Å². The van der Waals surface area contributed by atoms with Crippen molar-refractivity contribution in [1.29, 1.82) is 5.26 Å². The third-order valence-electron chi connectivity index (χ3n) is 1.37. The van der Waals surface area contributed by atoms with Crippen LogP contribution in [0.1, 0.15) is 5.56 Å². The summed E-state index contributed by atoms with van der Waals surface area (Å²) in [5.74, 6) is -0.345. The summed E-state index contributed by atoms with van der Waals surface area (Å²) in [4.78, 5) is 0.395. The van der Waals surface area contributed by atoms with E-state index in [0.29, 0.717) is 14.9 Å². The molecule has 0 unspecified atom stereocenters. The van der Waals surface area contributed by atoms with E-state index >= 15 is 0 Å². The van der Waals surface area contributed by atoms with Gasteiger partial charge in [0.15, 0.2) is 0 Å². The van der Waals surface area contributed by atoms with Gasteiger partial charge in [0.05, 0.1) is 10.5 Å². The quantitative estimate of drug-likeness (QED) is 0.710. The Balaban J connectivity index is 3.41. The predicted molar refractivity (Wildman–Crippen MR) is 50.6 cm³/mol. The fourth-order valence-electron chi connectivity index (χ4n) is 0.837. The summed E-state index contributed by atoms with van der Waals surface area (Å²) in [7, 11) is 0. The van der Waals surface area contributed by atoms with E-state index in [2.05, 4.69) is 15.9 Å². The first kappa shape index (κ1) is 9.56. The highest BCUT2D eigenvalue weighted by molar-refractivity contribution is 9.10. The van der Waals surface area contributed by atoms with Crippen LogP contribution in [0.4, 0.5) is 4.39 Å². The molecule has 1 aromatic rings. The van der Waals surface area contributed by atoms with Crippen molar-refractivity contribution in [2.45, 2.75) is 4.90 Å². The van der Waals surface area contributed by atoms with Crippen LogP contribution in [0.25, 0.3) is 0 Å². The van der Waals surface area contributed by atoms with Gasteiger partial charge in [-0.25, -0.2) is 4.39 Å². The first-order valence-electron chi connectivity index (χ1n) is 3.12. The molecule has 1 aromatic carbocycles. The molecule has 0 aliphatic heterocycles. The fraction of sp³-hybridized carbons (Fsp3) is 0.125. The summed E-state index contributed by atoms with van der Waals surface area (Å²) in [6.07, 6.45) is 1.74. The second-order valence-corrected chi connectivity index (χ2v) is 3.72. The van der Waals surface area contributed by atoms with Gasteiger partial charge in [0, 0.05) is 4.47 Å². The molecule has 0 aliphatic rings. The van der Waals surface area contributed by atoms with Crippen LogP contribution < -0.4 is 0 Å². The molecule has 0 atom stereocenters. The molecule has 0 heterocycles. The number of hydrogen-bond donors (Lipinski definition) is 0. The van der Waals surface area contributed by atoms with Crippen molar-refractivity contribution in [3.8, 4) is 6.07 Å². The third kappa shape index (κ3) is 1.62. The molecule has 0 amide bonds. The molecule has 62 valence electrons. The zero-order valence-electron chi connectivity index (χ0n) is 6.27. The van der Waals surface area contributed by atoms with Crippen LogP contribution in [0.2, 0.25) is 0 Å². The predicted octanol–water partition coefficient (Wildman–Crippen LogP) is 3.18. The Morgan fingerprint density at radius 2 is 2.25 bits per heavy atom. The third-order valence-corrected chi connectivity index (χ3v) is 2.84. The van der Waals surface area contributed by atoms with Crippen LogP contribution >= 0.6 is 27.7 Å². The topological polar surface area (TPSA) is 23.8 Å². The molecule has 0 fully saturated rings. The van der Waals surface area contributed by atoms with Crippen LogP contribution in [0.15, 0.2) is 21.5 Å². The first-order chi connectivity index (χ1) is 5.70. The number of hydrogen-bond acceptors (Lipinski definition) is 2. The lowest BCUT2D eigenvalue weighted by Gasteiger charge is -2.02. The molecule has 0 radical (unpaired) electrons. The zero-order valence-corrected chi connectivity index (χ0v) is 8.67. The molecule has 0 aromatic heterocycles. The Morgan fingerprint density at radius 3 is 2.67 bits per heavy atom. The Kier molecular flexibility index (Phi) is 3.12.